The van der Waals surface area contributed by atoms with Gasteiger partial charge in [-0.3, -0.25) is 19.7 Å². The molecule has 2 amide bonds. The Kier molecular flexibility index (Phi) is 9.04. The number of nitrogens with one attached hydrogen (secondary N) is 2. The van der Waals surface area contributed by atoms with Crippen molar-refractivity contribution < 1.29 is 23.9 Å². The number of amides is 2. The van der Waals surface area contributed by atoms with Crippen LogP contribution in [0.1, 0.15) is 50.4 Å². The van der Waals surface area contributed by atoms with Crippen molar-refractivity contribution >= 4 is 35.1 Å². The fourth-order valence-electron chi connectivity index (χ4n) is 2.91. The lowest BCUT2D eigenvalue weighted by molar-refractivity contribution is -0.147. The number of benzene rings is 1. The number of piperazine rings is 1. The first-order valence-electron chi connectivity index (χ1n) is 10.1. The van der Waals surface area contributed by atoms with Crippen molar-refractivity contribution in [3.05, 3.63) is 29.8 Å². The molecule has 0 bridgehead atoms. The molecule has 30 heavy (non-hydrogen) atoms. The Morgan fingerprint density at radius 3 is 2.63 bits per heavy atom. The van der Waals surface area contributed by atoms with Gasteiger partial charge >= 0.3 is 5.97 Å². The molecule has 1 atom stereocenters. The topological polar surface area (TPSA) is 97.0 Å². The van der Waals surface area contributed by atoms with Crippen LogP contribution in [0.15, 0.2) is 24.3 Å². The molecule has 1 aliphatic heterocycles. The van der Waals surface area contributed by atoms with Crippen LogP contribution in [0.25, 0.3) is 0 Å². The van der Waals surface area contributed by atoms with E-state index in [0.29, 0.717) is 31.0 Å². The Morgan fingerprint density at radius 1 is 1.30 bits per heavy atom. The van der Waals surface area contributed by atoms with Crippen LogP contribution >= 0.6 is 12.2 Å². The van der Waals surface area contributed by atoms with Gasteiger partial charge in [0.15, 0.2) is 5.11 Å². The summed E-state index contributed by atoms with van der Waals surface area (Å²) in [5.41, 5.74) is 0.408. The number of esters is 1. The minimum atomic E-state index is -0.817. The Balaban J connectivity index is 1.99. The molecule has 1 fully saturated rings. The van der Waals surface area contributed by atoms with Gasteiger partial charge in [-0.25, -0.2) is 0 Å². The third kappa shape index (κ3) is 6.98. The molecule has 1 unspecified atom stereocenters. The zero-order valence-electron chi connectivity index (χ0n) is 17.6. The normalized spacial score (nSPS) is 16.1. The number of hydrogen-bond acceptors (Lipinski definition) is 6. The summed E-state index contributed by atoms with van der Waals surface area (Å²) < 4.78 is 10.7. The molecule has 0 saturated carbocycles. The first-order valence-corrected chi connectivity index (χ1v) is 10.5. The second kappa shape index (κ2) is 11.5. The molecule has 9 heteroatoms. The van der Waals surface area contributed by atoms with E-state index >= 15 is 0 Å². The average molecular weight is 436 g/mol. The fraction of sp³-hybridized carbons (Fsp3) is 0.524. The number of thiocarbonyl (C=S) groups is 1. The van der Waals surface area contributed by atoms with E-state index in [-0.39, 0.29) is 23.5 Å². The Hall–Kier alpha value is -2.68. The molecule has 2 N–H and O–H groups in total. The van der Waals surface area contributed by atoms with Crippen LogP contribution in [0.4, 0.5) is 0 Å². The molecule has 8 nitrogen and oxygen atoms in total. The number of carbonyl (C=O) groups excluding carboxylic acids is 3. The van der Waals surface area contributed by atoms with E-state index in [4.69, 9.17) is 21.7 Å². The summed E-state index contributed by atoms with van der Waals surface area (Å²) in [4.78, 5) is 38.5. The van der Waals surface area contributed by atoms with Crippen molar-refractivity contribution in [3.8, 4) is 5.75 Å². The van der Waals surface area contributed by atoms with E-state index in [0.717, 1.165) is 12.8 Å². The molecule has 1 aromatic rings. The van der Waals surface area contributed by atoms with E-state index in [2.05, 4.69) is 10.6 Å². The number of ether oxygens (including phenoxy) is 2. The molecule has 1 aromatic carbocycles. The minimum absolute atomic E-state index is 0.0353. The van der Waals surface area contributed by atoms with Gasteiger partial charge in [0.25, 0.3) is 5.91 Å². The number of carbonyl (C=O) groups is 3. The van der Waals surface area contributed by atoms with Crippen molar-refractivity contribution in [2.75, 3.05) is 19.7 Å². The Labute approximate surface area is 182 Å². The largest absolute Gasteiger partial charge is 0.491 e. The lowest BCUT2D eigenvalue weighted by atomic mass is 10.1. The highest BCUT2D eigenvalue weighted by Crippen LogP contribution is 2.15. The zero-order valence-corrected chi connectivity index (χ0v) is 18.4. The van der Waals surface area contributed by atoms with Crippen molar-refractivity contribution in [1.29, 1.82) is 0 Å². The maximum absolute atomic E-state index is 12.6. The minimum Gasteiger partial charge on any atom is -0.491 e. The zero-order chi connectivity index (χ0) is 22.1. The Morgan fingerprint density at radius 2 is 2.00 bits per heavy atom. The third-order valence-electron chi connectivity index (χ3n) is 4.42. The Bertz CT molecular complexity index is 766. The van der Waals surface area contributed by atoms with Crippen LogP contribution < -0.4 is 15.4 Å². The summed E-state index contributed by atoms with van der Waals surface area (Å²) in [6, 6.07) is 5.88. The molecule has 0 radical (unpaired) electrons. The highest BCUT2D eigenvalue weighted by molar-refractivity contribution is 7.80. The molecule has 1 saturated heterocycles. The lowest BCUT2D eigenvalue weighted by Gasteiger charge is -2.36. The molecule has 1 heterocycles. The molecule has 0 spiro atoms. The number of nitrogens with zero attached hydrogens (tertiary/aromatic N) is 1. The van der Waals surface area contributed by atoms with Gasteiger partial charge in [0, 0.05) is 18.7 Å². The number of unbranched alkanes of at least 4 members (excludes halogenated alkanes) is 1. The quantitative estimate of drug-likeness (QED) is 0.366. The van der Waals surface area contributed by atoms with Crippen LogP contribution in [0.5, 0.6) is 5.75 Å². The maximum atomic E-state index is 12.6. The molecule has 1 aliphatic rings. The number of rotatable bonds is 8. The van der Waals surface area contributed by atoms with Crippen molar-refractivity contribution in [1.82, 2.24) is 15.5 Å². The van der Waals surface area contributed by atoms with Gasteiger partial charge in [0.05, 0.1) is 19.1 Å². The SMILES string of the molecule is CCCCOC(=O)CC1C(=O)NCCN1C(=S)NC(=O)c1ccc(OC(C)C)cc1. The van der Waals surface area contributed by atoms with Crippen LogP contribution in [0.3, 0.4) is 0 Å². The standard InChI is InChI=1S/C21H29N3O5S/c1-4-5-12-28-18(25)13-17-20(27)22-10-11-24(17)21(30)23-19(26)15-6-8-16(9-7-15)29-14(2)3/h6-9,14,17H,4-5,10-13H2,1-3H3,(H,22,27)(H,23,26,30). The first-order chi connectivity index (χ1) is 14.3. The number of hydrogen-bond donors (Lipinski definition) is 2. The molecular formula is C21H29N3O5S. The van der Waals surface area contributed by atoms with E-state index in [1.54, 1.807) is 29.2 Å². The molecule has 0 aromatic heterocycles. The smallest absolute Gasteiger partial charge is 0.308 e. The highest BCUT2D eigenvalue weighted by Gasteiger charge is 2.34. The first kappa shape index (κ1) is 23.6. The van der Waals surface area contributed by atoms with Crippen molar-refractivity contribution in [2.45, 2.75) is 52.2 Å². The summed E-state index contributed by atoms with van der Waals surface area (Å²) in [5.74, 6) is -0.518. The summed E-state index contributed by atoms with van der Waals surface area (Å²) in [5, 5.41) is 5.47. The predicted molar refractivity (Wildman–Crippen MR) is 116 cm³/mol. The maximum Gasteiger partial charge on any atom is 0.308 e. The van der Waals surface area contributed by atoms with Gasteiger partial charge in [-0.15, -0.1) is 0 Å². The van der Waals surface area contributed by atoms with Crippen LogP contribution in [-0.4, -0.2) is 59.6 Å². The van der Waals surface area contributed by atoms with E-state index in [1.807, 2.05) is 20.8 Å². The van der Waals surface area contributed by atoms with Gasteiger partial charge in [-0.2, -0.15) is 0 Å². The molecule has 164 valence electrons. The summed E-state index contributed by atoms with van der Waals surface area (Å²) in [6.45, 7) is 6.92. The second-order valence-electron chi connectivity index (χ2n) is 7.23. The van der Waals surface area contributed by atoms with E-state index in [1.165, 1.54) is 0 Å². The highest BCUT2D eigenvalue weighted by atomic mass is 32.1. The van der Waals surface area contributed by atoms with E-state index in [9.17, 15) is 14.4 Å². The van der Waals surface area contributed by atoms with Gasteiger partial charge < -0.3 is 19.7 Å². The van der Waals surface area contributed by atoms with Crippen LogP contribution in [-0.2, 0) is 14.3 Å². The summed E-state index contributed by atoms with van der Waals surface area (Å²) in [7, 11) is 0. The predicted octanol–water partition coefficient (Wildman–Crippen LogP) is 2.02. The van der Waals surface area contributed by atoms with Crippen LogP contribution in [0, 0.1) is 0 Å². The monoisotopic (exact) mass is 435 g/mol. The molecular weight excluding hydrogens is 406 g/mol. The van der Waals surface area contributed by atoms with Crippen molar-refractivity contribution in [3.63, 3.8) is 0 Å². The molecule has 0 aliphatic carbocycles. The second-order valence-corrected chi connectivity index (χ2v) is 7.62. The molecule has 2 rings (SSSR count). The van der Waals surface area contributed by atoms with Gasteiger partial charge in [-0.05, 0) is 56.8 Å². The average Bonchev–Trinajstić information content (AvgIpc) is 2.69. The fourth-order valence-corrected chi connectivity index (χ4v) is 3.22. The van der Waals surface area contributed by atoms with Crippen LogP contribution in [0.2, 0.25) is 0 Å². The lowest BCUT2D eigenvalue weighted by Crippen LogP contribution is -2.60. The summed E-state index contributed by atoms with van der Waals surface area (Å²) >= 11 is 5.36. The van der Waals surface area contributed by atoms with Gasteiger partial charge in [0.2, 0.25) is 5.91 Å². The summed E-state index contributed by atoms with van der Waals surface area (Å²) in [6.07, 6.45) is 1.58. The third-order valence-corrected chi connectivity index (χ3v) is 4.76. The van der Waals surface area contributed by atoms with Gasteiger partial charge in [0.1, 0.15) is 11.8 Å². The van der Waals surface area contributed by atoms with E-state index < -0.39 is 17.9 Å². The van der Waals surface area contributed by atoms with Crippen molar-refractivity contribution in [2.24, 2.45) is 0 Å². The van der Waals surface area contributed by atoms with Gasteiger partial charge in [-0.1, -0.05) is 13.3 Å².